The van der Waals surface area contributed by atoms with Gasteiger partial charge in [0, 0.05) is 19.7 Å². The van der Waals surface area contributed by atoms with E-state index in [1.807, 2.05) is 12.1 Å². The Morgan fingerprint density at radius 2 is 2.44 bits per heavy atom. The molecule has 0 radical (unpaired) electrons. The zero-order valence-electron chi connectivity index (χ0n) is 10.6. The summed E-state index contributed by atoms with van der Waals surface area (Å²) in [5.41, 5.74) is 1.70. The maximum absolute atomic E-state index is 8.90. The normalized spacial score (nSPS) is 18.6. The van der Waals surface area contributed by atoms with E-state index in [1.54, 1.807) is 13.2 Å². The topological polar surface area (TPSA) is 54.3 Å². The maximum Gasteiger partial charge on any atom is 0.136 e. The van der Waals surface area contributed by atoms with Crippen molar-refractivity contribution in [2.75, 3.05) is 26.9 Å². The Kier molecular flexibility index (Phi) is 4.57. The highest BCUT2D eigenvalue weighted by Crippen LogP contribution is 2.19. The molecule has 2 rings (SSSR count). The summed E-state index contributed by atoms with van der Waals surface area (Å²) in [6.07, 6.45) is 1.14. The van der Waals surface area contributed by atoms with E-state index in [0.29, 0.717) is 17.2 Å². The van der Waals surface area contributed by atoms with Crippen LogP contribution >= 0.6 is 0 Å². The van der Waals surface area contributed by atoms with Gasteiger partial charge in [-0.3, -0.25) is 0 Å². The Balaban J connectivity index is 1.87. The fourth-order valence-corrected chi connectivity index (χ4v) is 2.10. The van der Waals surface area contributed by atoms with E-state index in [4.69, 9.17) is 14.7 Å². The molecule has 4 heteroatoms. The first-order valence-corrected chi connectivity index (χ1v) is 6.19. The van der Waals surface area contributed by atoms with E-state index in [9.17, 15) is 0 Å². The monoisotopic (exact) mass is 246 g/mol. The molecule has 0 amide bonds. The summed E-state index contributed by atoms with van der Waals surface area (Å²) in [6, 6.07) is 7.78. The molecule has 1 aromatic rings. The zero-order chi connectivity index (χ0) is 12.8. The Morgan fingerprint density at radius 1 is 1.56 bits per heavy atom. The van der Waals surface area contributed by atoms with E-state index < -0.39 is 0 Å². The van der Waals surface area contributed by atoms with Crippen LogP contribution in [0.25, 0.3) is 0 Å². The quantitative estimate of drug-likeness (QED) is 0.859. The third-order valence-electron chi connectivity index (χ3n) is 3.17. The third kappa shape index (κ3) is 3.22. The Bertz CT molecular complexity index is 434. The van der Waals surface area contributed by atoms with Crippen LogP contribution in [0, 0.1) is 17.2 Å². The van der Waals surface area contributed by atoms with Crippen LogP contribution < -0.4 is 10.1 Å². The highest BCUT2D eigenvalue weighted by molar-refractivity contribution is 5.45. The van der Waals surface area contributed by atoms with Crippen molar-refractivity contribution < 1.29 is 9.47 Å². The fourth-order valence-electron chi connectivity index (χ4n) is 2.10. The number of nitriles is 1. The van der Waals surface area contributed by atoms with Gasteiger partial charge in [0.15, 0.2) is 0 Å². The molecule has 0 bridgehead atoms. The first-order chi connectivity index (χ1) is 8.83. The van der Waals surface area contributed by atoms with Gasteiger partial charge in [0.25, 0.3) is 0 Å². The van der Waals surface area contributed by atoms with Gasteiger partial charge in [0.2, 0.25) is 0 Å². The van der Waals surface area contributed by atoms with Crippen molar-refractivity contribution >= 4 is 0 Å². The molecule has 1 aliphatic rings. The largest absolute Gasteiger partial charge is 0.495 e. The number of nitrogens with zero attached hydrogens (tertiary/aromatic N) is 1. The van der Waals surface area contributed by atoms with Crippen molar-refractivity contribution in [2.45, 2.75) is 13.0 Å². The van der Waals surface area contributed by atoms with Crippen LogP contribution in [0.5, 0.6) is 5.75 Å². The van der Waals surface area contributed by atoms with Crippen LogP contribution in [0.2, 0.25) is 0 Å². The van der Waals surface area contributed by atoms with E-state index in [2.05, 4.69) is 11.4 Å². The van der Waals surface area contributed by atoms with Crippen LogP contribution in [0.3, 0.4) is 0 Å². The molecule has 18 heavy (non-hydrogen) atoms. The molecule has 1 atom stereocenters. The van der Waals surface area contributed by atoms with Gasteiger partial charge in [-0.25, -0.2) is 0 Å². The van der Waals surface area contributed by atoms with Crippen molar-refractivity contribution in [3.63, 3.8) is 0 Å². The number of nitrogens with one attached hydrogen (secondary N) is 1. The van der Waals surface area contributed by atoms with Crippen molar-refractivity contribution in [2.24, 2.45) is 5.92 Å². The lowest BCUT2D eigenvalue weighted by atomic mass is 10.1. The molecule has 0 aliphatic carbocycles. The highest BCUT2D eigenvalue weighted by atomic mass is 16.5. The summed E-state index contributed by atoms with van der Waals surface area (Å²) in [5, 5.41) is 12.3. The van der Waals surface area contributed by atoms with E-state index in [1.165, 1.54) is 0 Å². The summed E-state index contributed by atoms with van der Waals surface area (Å²) < 4.78 is 10.5. The Hall–Kier alpha value is -1.57. The Morgan fingerprint density at radius 3 is 3.11 bits per heavy atom. The molecule has 0 spiro atoms. The lowest BCUT2D eigenvalue weighted by molar-refractivity contribution is 0.185. The fraction of sp³-hybridized carbons (Fsp3) is 0.500. The second kappa shape index (κ2) is 6.39. The number of rotatable bonds is 5. The number of benzene rings is 1. The first kappa shape index (κ1) is 12.9. The zero-order valence-corrected chi connectivity index (χ0v) is 10.6. The minimum Gasteiger partial charge on any atom is -0.495 e. The summed E-state index contributed by atoms with van der Waals surface area (Å²) >= 11 is 0. The minimum atomic E-state index is 0.574. The molecule has 4 nitrogen and oxygen atoms in total. The summed E-state index contributed by atoms with van der Waals surface area (Å²) in [7, 11) is 1.59. The summed E-state index contributed by atoms with van der Waals surface area (Å²) in [6.45, 7) is 3.52. The number of hydrogen-bond acceptors (Lipinski definition) is 4. The van der Waals surface area contributed by atoms with Crippen molar-refractivity contribution in [1.82, 2.24) is 5.32 Å². The first-order valence-electron chi connectivity index (χ1n) is 6.19. The van der Waals surface area contributed by atoms with Gasteiger partial charge in [-0.15, -0.1) is 0 Å². The molecule has 1 fully saturated rings. The van der Waals surface area contributed by atoms with E-state index in [-0.39, 0.29) is 0 Å². The smallest absolute Gasteiger partial charge is 0.136 e. The second-order valence-corrected chi connectivity index (χ2v) is 4.51. The van der Waals surface area contributed by atoms with Crippen molar-refractivity contribution in [1.29, 1.82) is 5.26 Å². The second-order valence-electron chi connectivity index (χ2n) is 4.51. The molecular formula is C14H18N2O2. The minimum absolute atomic E-state index is 0.574. The maximum atomic E-state index is 8.90. The molecule has 0 aromatic heterocycles. The Labute approximate surface area is 108 Å². The lowest BCUT2D eigenvalue weighted by Gasteiger charge is -2.10. The van der Waals surface area contributed by atoms with E-state index >= 15 is 0 Å². The van der Waals surface area contributed by atoms with Crippen LogP contribution in [0.15, 0.2) is 18.2 Å². The van der Waals surface area contributed by atoms with Gasteiger partial charge in [0.1, 0.15) is 11.8 Å². The van der Waals surface area contributed by atoms with Crippen LogP contribution in [-0.2, 0) is 11.3 Å². The lowest BCUT2D eigenvalue weighted by Crippen LogP contribution is -2.22. The van der Waals surface area contributed by atoms with Crippen molar-refractivity contribution in [3.05, 3.63) is 29.3 Å². The molecule has 1 N–H and O–H groups in total. The number of methoxy groups -OCH3 is 1. The standard InChI is InChI=1S/C14H18N2O2/c1-17-14-6-11(2-3-13(14)7-15)8-16-9-12-4-5-18-10-12/h2-3,6,12,16H,4-5,8-10H2,1H3. The SMILES string of the molecule is COc1cc(CNCC2CCOC2)ccc1C#N. The average molecular weight is 246 g/mol. The molecule has 1 aromatic carbocycles. The molecule has 1 heterocycles. The van der Waals surface area contributed by atoms with Gasteiger partial charge in [0.05, 0.1) is 19.3 Å². The summed E-state index contributed by atoms with van der Waals surface area (Å²) in [5.74, 6) is 1.27. The van der Waals surface area contributed by atoms with E-state index in [0.717, 1.165) is 38.3 Å². The molecule has 96 valence electrons. The number of hydrogen-bond donors (Lipinski definition) is 1. The summed E-state index contributed by atoms with van der Waals surface area (Å²) in [4.78, 5) is 0. The van der Waals surface area contributed by atoms with Gasteiger partial charge in [-0.05, 0) is 30.0 Å². The van der Waals surface area contributed by atoms with Crippen LogP contribution in [0.4, 0.5) is 0 Å². The third-order valence-corrected chi connectivity index (χ3v) is 3.17. The van der Waals surface area contributed by atoms with Crippen molar-refractivity contribution in [3.8, 4) is 11.8 Å². The molecule has 1 unspecified atom stereocenters. The number of ether oxygens (including phenoxy) is 2. The van der Waals surface area contributed by atoms with Crippen LogP contribution in [0.1, 0.15) is 17.5 Å². The van der Waals surface area contributed by atoms with Gasteiger partial charge in [-0.1, -0.05) is 6.07 Å². The van der Waals surface area contributed by atoms with Crippen LogP contribution in [-0.4, -0.2) is 26.9 Å². The highest BCUT2D eigenvalue weighted by Gasteiger charge is 2.14. The molecule has 1 aliphatic heterocycles. The molecular weight excluding hydrogens is 228 g/mol. The predicted octanol–water partition coefficient (Wildman–Crippen LogP) is 1.69. The molecule has 1 saturated heterocycles. The molecule has 0 saturated carbocycles. The average Bonchev–Trinajstić information content (AvgIpc) is 2.91. The van der Waals surface area contributed by atoms with Gasteiger partial charge >= 0.3 is 0 Å². The van der Waals surface area contributed by atoms with Gasteiger partial charge < -0.3 is 14.8 Å². The van der Waals surface area contributed by atoms with Gasteiger partial charge in [-0.2, -0.15) is 5.26 Å². The predicted molar refractivity (Wildman–Crippen MR) is 68.3 cm³/mol.